The van der Waals surface area contributed by atoms with Crippen molar-refractivity contribution in [3.8, 4) is 0 Å². The molecule has 3 aliphatic rings. The number of carbonyl (C=O) groups excluding carboxylic acids is 1. The zero-order valence-corrected chi connectivity index (χ0v) is 11.5. The van der Waals surface area contributed by atoms with Crippen LogP contribution in [0.4, 0.5) is 0 Å². The summed E-state index contributed by atoms with van der Waals surface area (Å²) in [5.41, 5.74) is 0. The van der Waals surface area contributed by atoms with Gasteiger partial charge in [-0.3, -0.25) is 9.59 Å². The molecule has 3 fully saturated rings. The topological polar surface area (TPSA) is 63.6 Å². The molecule has 2 saturated carbocycles. The number of carbonyl (C=O) groups is 2. The van der Waals surface area contributed by atoms with Gasteiger partial charge in [0.25, 0.3) is 0 Å². The van der Waals surface area contributed by atoms with Gasteiger partial charge in [-0.1, -0.05) is 18.2 Å². The summed E-state index contributed by atoms with van der Waals surface area (Å²) in [5.74, 6) is -1.97. The van der Waals surface area contributed by atoms with Crippen LogP contribution in [0.2, 0.25) is 0 Å². The molecule has 104 valence electrons. The summed E-state index contributed by atoms with van der Waals surface area (Å²) < 4.78 is 5.48. The van der Waals surface area contributed by atoms with Crippen molar-refractivity contribution in [2.75, 3.05) is 0 Å². The molecule has 4 nitrogen and oxygen atoms in total. The first kappa shape index (κ1) is 12.3. The van der Waals surface area contributed by atoms with Crippen LogP contribution in [0.5, 0.6) is 0 Å². The van der Waals surface area contributed by atoms with E-state index in [1.807, 2.05) is 30.3 Å². The maximum Gasteiger partial charge on any atom is 0.310 e. The smallest absolute Gasteiger partial charge is 0.310 e. The molecule has 1 aromatic carbocycles. The number of benzene rings is 1. The van der Waals surface area contributed by atoms with Gasteiger partial charge in [0.05, 0.1) is 17.1 Å². The summed E-state index contributed by atoms with van der Waals surface area (Å²) in [6, 6.07) is 9.92. The Kier molecular flexibility index (Phi) is 2.61. The molecule has 2 bridgehead atoms. The average Bonchev–Trinajstić information content (AvgIpc) is 3.03. The van der Waals surface area contributed by atoms with Gasteiger partial charge in [0.2, 0.25) is 0 Å². The zero-order valence-electron chi connectivity index (χ0n) is 10.6. The lowest BCUT2D eigenvalue weighted by molar-refractivity contribution is -0.151. The molecule has 1 saturated heterocycles. The number of hydrogen-bond acceptors (Lipinski definition) is 4. The van der Waals surface area contributed by atoms with Crippen LogP contribution >= 0.6 is 11.8 Å². The van der Waals surface area contributed by atoms with E-state index in [2.05, 4.69) is 0 Å². The largest absolute Gasteiger partial charge is 0.481 e. The molecule has 1 aliphatic heterocycles. The van der Waals surface area contributed by atoms with Crippen molar-refractivity contribution >= 4 is 23.7 Å². The van der Waals surface area contributed by atoms with Crippen LogP contribution in [0.25, 0.3) is 0 Å². The summed E-state index contributed by atoms with van der Waals surface area (Å²) in [4.78, 5) is 24.5. The highest BCUT2D eigenvalue weighted by atomic mass is 32.2. The summed E-state index contributed by atoms with van der Waals surface area (Å²) in [5, 5.41) is 9.52. The Labute approximate surface area is 120 Å². The second-order valence-electron chi connectivity index (χ2n) is 5.75. The average molecular weight is 290 g/mol. The van der Waals surface area contributed by atoms with E-state index in [-0.39, 0.29) is 29.2 Å². The lowest BCUT2D eigenvalue weighted by atomic mass is 9.80. The maximum atomic E-state index is 11.9. The van der Waals surface area contributed by atoms with Crippen LogP contribution < -0.4 is 0 Å². The molecule has 2 aliphatic carbocycles. The highest BCUT2D eigenvalue weighted by molar-refractivity contribution is 8.00. The van der Waals surface area contributed by atoms with E-state index < -0.39 is 17.8 Å². The first-order valence-corrected chi connectivity index (χ1v) is 7.70. The molecule has 0 unspecified atom stereocenters. The Balaban J connectivity index is 1.66. The third kappa shape index (κ3) is 1.56. The summed E-state index contributed by atoms with van der Waals surface area (Å²) >= 11 is 1.66. The van der Waals surface area contributed by atoms with Gasteiger partial charge < -0.3 is 9.84 Å². The van der Waals surface area contributed by atoms with E-state index in [0.29, 0.717) is 0 Å². The number of aliphatic carboxylic acids is 1. The second-order valence-corrected chi connectivity index (χ2v) is 7.00. The fourth-order valence-corrected chi connectivity index (χ4v) is 5.62. The van der Waals surface area contributed by atoms with E-state index in [1.54, 1.807) is 11.8 Å². The van der Waals surface area contributed by atoms with Gasteiger partial charge in [0.15, 0.2) is 0 Å². The van der Waals surface area contributed by atoms with Gasteiger partial charge in [-0.25, -0.2) is 0 Å². The SMILES string of the molecule is O=C1O[C@@H]2[C@H]3C[C@@H]([C@@H]2Sc2ccccc2)[C@@H](C(=O)O)[C@H]13. The number of thioether (sulfide) groups is 1. The van der Waals surface area contributed by atoms with Gasteiger partial charge >= 0.3 is 11.9 Å². The van der Waals surface area contributed by atoms with Crippen LogP contribution in [0.15, 0.2) is 35.2 Å². The number of hydrogen-bond donors (Lipinski definition) is 1. The minimum atomic E-state index is -0.849. The van der Waals surface area contributed by atoms with Crippen molar-refractivity contribution in [3.63, 3.8) is 0 Å². The molecule has 1 N–H and O–H groups in total. The highest BCUT2D eigenvalue weighted by Gasteiger charge is 2.68. The van der Waals surface area contributed by atoms with Gasteiger partial charge in [-0.15, -0.1) is 11.8 Å². The van der Waals surface area contributed by atoms with Gasteiger partial charge in [-0.2, -0.15) is 0 Å². The molecule has 0 aromatic heterocycles. The summed E-state index contributed by atoms with van der Waals surface area (Å²) in [6.45, 7) is 0. The third-order valence-corrected chi connectivity index (χ3v) is 6.28. The fourth-order valence-electron chi connectivity index (χ4n) is 4.14. The molecule has 1 aromatic rings. The first-order valence-electron chi connectivity index (χ1n) is 6.82. The van der Waals surface area contributed by atoms with Crippen LogP contribution in [0, 0.1) is 23.7 Å². The molecule has 0 spiro atoms. The Bertz CT molecular complexity index is 572. The van der Waals surface area contributed by atoms with Gasteiger partial charge in [0, 0.05) is 10.8 Å². The van der Waals surface area contributed by atoms with Crippen molar-refractivity contribution in [2.45, 2.75) is 22.7 Å². The summed E-state index contributed by atoms with van der Waals surface area (Å²) in [6.07, 6.45) is 0.709. The second kappa shape index (κ2) is 4.25. The van der Waals surface area contributed by atoms with E-state index >= 15 is 0 Å². The molecule has 6 atom stereocenters. The number of fused-ring (bicyclic) bond motifs is 1. The molecule has 5 heteroatoms. The zero-order chi connectivity index (χ0) is 13.9. The quantitative estimate of drug-likeness (QED) is 0.863. The van der Waals surface area contributed by atoms with E-state index in [9.17, 15) is 14.7 Å². The van der Waals surface area contributed by atoms with Gasteiger partial charge in [0.1, 0.15) is 6.10 Å². The fraction of sp³-hybridized carbons (Fsp3) is 0.467. The Morgan fingerprint density at radius 2 is 2.00 bits per heavy atom. The van der Waals surface area contributed by atoms with Gasteiger partial charge in [-0.05, 0) is 24.5 Å². The number of esters is 1. The normalized spacial score (nSPS) is 40.9. The number of carboxylic acids is 1. The van der Waals surface area contributed by atoms with E-state index in [0.717, 1.165) is 11.3 Å². The predicted octanol–water partition coefficient (Wildman–Crippen LogP) is 2.04. The number of carboxylic acid groups (broad SMARTS) is 1. The molecular weight excluding hydrogens is 276 g/mol. The van der Waals surface area contributed by atoms with Crippen LogP contribution in [-0.4, -0.2) is 28.4 Å². The minimum absolute atomic E-state index is 0.0455. The van der Waals surface area contributed by atoms with Crippen LogP contribution in [0.1, 0.15) is 6.42 Å². The Morgan fingerprint density at radius 3 is 2.70 bits per heavy atom. The number of rotatable bonds is 3. The van der Waals surface area contributed by atoms with Crippen molar-refractivity contribution in [1.29, 1.82) is 0 Å². The van der Waals surface area contributed by atoms with Crippen molar-refractivity contribution in [2.24, 2.45) is 23.7 Å². The first-order chi connectivity index (χ1) is 9.66. The molecule has 4 rings (SSSR count). The molecule has 20 heavy (non-hydrogen) atoms. The van der Waals surface area contributed by atoms with Crippen molar-refractivity contribution < 1.29 is 19.4 Å². The van der Waals surface area contributed by atoms with Crippen LogP contribution in [0.3, 0.4) is 0 Å². The predicted molar refractivity (Wildman–Crippen MR) is 72.2 cm³/mol. The lowest BCUT2D eigenvalue weighted by Crippen LogP contribution is -2.39. The monoisotopic (exact) mass is 290 g/mol. The maximum absolute atomic E-state index is 11.9. The van der Waals surface area contributed by atoms with E-state index in [4.69, 9.17) is 4.74 Å². The third-order valence-electron chi connectivity index (χ3n) is 4.85. The lowest BCUT2D eigenvalue weighted by Gasteiger charge is -2.29. The van der Waals surface area contributed by atoms with Crippen LogP contribution in [-0.2, 0) is 14.3 Å². The molecule has 1 heterocycles. The number of ether oxygens (including phenoxy) is 1. The minimum Gasteiger partial charge on any atom is -0.481 e. The van der Waals surface area contributed by atoms with E-state index in [1.165, 1.54) is 0 Å². The highest BCUT2D eigenvalue weighted by Crippen LogP contribution is 2.61. The Morgan fingerprint density at radius 1 is 1.25 bits per heavy atom. The van der Waals surface area contributed by atoms with Crippen molar-refractivity contribution in [1.82, 2.24) is 0 Å². The molecule has 0 radical (unpaired) electrons. The summed E-state index contributed by atoms with van der Waals surface area (Å²) in [7, 11) is 0. The molecule has 0 amide bonds. The van der Waals surface area contributed by atoms with Crippen molar-refractivity contribution in [3.05, 3.63) is 30.3 Å². The standard InChI is InChI=1S/C15H14O4S/c16-14(17)10-9-6-8-11(10)15(18)19-12(8)13(9)20-7-4-2-1-3-5-7/h1-5,8-13H,6H2,(H,16,17)/t8-,9+,10+,11+,12+,13-/m0/s1. The Hall–Kier alpha value is -1.49. The molecular formula is C15H14O4S.